The molecule has 7 heteroatoms. The van der Waals surface area contributed by atoms with Crippen LogP contribution in [0, 0.1) is 35.9 Å². The summed E-state index contributed by atoms with van der Waals surface area (Å²) in [5, 5.41) is 0.556. The predicted octanol–water partition coefficient (Wildman–Crippen LogP) is 4.73. The SMILES string of the molecule is C#CCC(=O)Cc1ccc(OCC[C@@H]2C[C@@H]2C2CCN(c3ncc(Cl)cn3)CC2)cc1F. The Labute approximate surface area is 193 Å². The van der Waals surface area contributed by atoms with Gasteiger partial charge in [0.05, 0.1) is 30.4 Å². The van der Waals surface area contributed by atoms with Crippen LogP contribution in [-0.2, 0) is 11.2 Å². The number of carbonyl (C=O) groups excluding carboxylic acids is 1. The van der Waals surface area contributed by atoms with Crippen molar-refractivity contribution in [2.24, 2.45) is 17.8 Å². The van der Waals surface area contributed by atoms with Crippen molar-refractivity contribution in [2.75, 3.05) is 24.6 Å². The number of hydrogen-bond acceptors (Lipinski definition) is 5. The zero-order valence-corrected chi connectivity index (χ0v) is 18.7. The summed E-state index contributed by atoms with van der Waals surface area (Å²) in [5.74, 6) is 5.15. The molecule has 1 saturated carbocycles. The molecular formula is C25H27ClFN3O2. The van der Waals surface area contributed by atoms with Crippen LogP contribution in [0.4, 0.5) is 10.3 Å². The maximum Gasteiger partial charge on any atom is 0.225 e. The second kappa shape index (κ2) is 10.3. The lowest BCUT2D eigenvalue weighted by molar-refractivity contribution is -0.117. The lowest BCUT2D eigenvalue weighted by atomic mass is 9.90. The van der Waals surface area contributed by atoms with Crippen LogP contribution in [0.3, 0.4) is 0 Å². The van der Waals surface area contributed by atoms with Gasteiger partial charge in [-0.15, -0.1) is 6.42 Å². The largest absolute Gasteiger partial charge is 0.493 e. The van der Waals surface area contributed by atoms with E-state index in [1.807, 2.05) is 0 Å². The molecule has 2 heterocycles. The van der Waals surface area contributed by atoms with Crippen molar-refractivity contribution in [3.8, 4) is 18.1 Å². The van der Waals surface area contributed by atoms with Gasteiger partial charge in [0.25, 0.3) is 0 Å². The highest BCUT2D eigenvalue weighted by atomic mass is 35.5. The minimum absolute atomic E-state index is 0.0169. The maximum absolute atomic E-state index is 14.2. The summed E-state index contributed by atoms with van der Waals surface area (Å²) >= 11 is 5.87. The van der Waals surface area contributed by atoms with E-state index in [1.165, 1.54) is 12.5 Å². The number of benzene rings is 1. The molecular weight excluding hydrogens is 429 g/mol. The third-order valence-corrected chi connectivity index (χ3v) is 6.68. The van der Waals surface area contributed by atoms with Gasteiger partial charge < -0.3 is 9.64 Å². The number of ketones is 1. The van der Waals surface area contributed by atoms with E-state index in [-0.39, 0.29) is 18.6 Å². The van der Waals surface area contributed by atoms with Crippen LogP contribution in [-0.4, -0.2) is 35.4 Å². The molecule has 0 N–H and O–H groups in total. The maximum atomic E-state index is 14.2. The Hall–Kier alpha value is -2.65. The molecule has 1 aromatic heterocycles. The molecule has 1 saturated heterocycles. The van der Waals surface area contributed by atoms with Crippen LogP contribution >= 0.6 is 11.6 Å². The van der Waals surface area contributed by atoms with E-state index in [4.69, 9.17) is 22.8 Å². The smallest absolute Gasteiger partial charge is 0.225 e. The highest BCUT2D eigenvalue weighted by Crippen LogP contribution is 2.49. The Morgan fingerprint density at radius 2 is 2.03 bits per heavy atom. The minimum atomic E-state index is -0.423. The minimum Gasteiger partial charge on any atom is -0.493 e. The number of aromatic nitrogens is 2. The average Bonchev–Trinajstić information content (AvgIpc) is 3.56. The summed E-state index contributed by atoms with van der Waals surface area (Å²) in [7, 11) is 0. The summed E-state index contributed by atoms with van der Waals surface area (Å²) in [5.41, 5.74) is 0.357. The number of halogens is 2. The van der Waals surface area contributed by atoms with Crippen LogP contribution < -0.4 is 9.64 Å². The number of ether oxygens (including phenoxy) is 1. The monoisotopic (exact) mass is 455 g/mol. The van der Waals surface area contributed by atoms with Crippen LogP contribution in [0.5, 0.6) is 5.75 Å². The molecule has 1 aliphatic heterocycles. The molecule has 1 aromatic carbocycles. The second-order valence-corrected chi connectivity index (χ2v) is 9.11. The summed E-state index contributed by atoms with van der Waals surface area (Å²) < 4.78 is 20.0. The third kappa shape index (κ3) is 5.77. The number of carbonyl (C=O) groups is 1. The lowest BCUT2D eigenvalue weighted by Crippen LogP contribution is -2.35. The molecule has 0 bridgehead atoms. The first-order valence-electron chi connectivity index (χ1n) is 11.1. The van der Waals surface area contributed by atoms with Crippen molar-refractivity contribution in [3.05, 3.63) is 47.0 Å². The molecule has 32 heavy (non-hydrogen) atoms. The number of hydrogen-bond donors (Lipinski definition) is 0. The van der Waals surface area contributed by atoms with Crippen molar-refractivity contribution >= 4 is 23.3 Å². The molecule has 0 spiro atoms. The van der Waals surface area contributed by atoms with Crippen molar-refractivity contribution < 1.29 is 13.9 Å². The van der Waals surface area contributed by atoms with Crippen LogP contribution in [0.15, 0.2) is 30.6 Å². The molecule has 1 aliphatic carbocycles. The van der Waals surface area contributed by atoms with E-state index in [0.29, 0.717) is 28.9 Å². The first kappa shape index (κ1) is 22.5. The van der Waals surface area contributed by atoms with Crippen molar-refractivity contribution in [3.63, 3.8) is 0 Å². The third-order valence-electron chi connectivity index (χ3n) is 6.48. The zero-order valence-electron chi connectivity index (χ0n) is 18.0. The van der Waals surface area contributed by atoms with E-state index in [9.17, 15) is 9.18 Å². The Morgan fingerprint density at radius 3 is 2.72 bits per heavy atom. The molecule has 0 unspecified atom stereocenters. The molecule has 168 valence electrons. The molecule has 0 radical (unpaired) electrons. The van der Waals surface area contributed by atoms with Gasteiger partial charge in [-0.3, -0.25) is 4.79 Å². The van der Waals surface area contributed by atoms with E-state index >= 15 is 0 Å². The number of nitrogens with zero attached hydrogens (tertiary/aromatic N) is 3. The van der Waals surface area contributed by atoms with Crippen LogP contribution in [0.2, 0.25) is 5.02 Å². The fraction of sp³-hybridized carbons (Fsp3) is 0.480. The first-order valence-corrected chi connectivity index (χ1v) is 11.5. The Balaban J connectivity index is 1.17. The number of anilines is 1. The molecule has 2 aliphatic rings. The quantitative estimate of drug-likeness (QED) is 0.512. The van der Waals surface area contributed by atoms with Gasteiger partial charge in [-0.25, -0.2) is 14.4 Å². The topological polar surface area (TPSA) is 55.3 Å². The van der Waals surface area contributed by atoms with Crippen molar-refractivity contribution in [1.82, 2.24) is 9.97 Å². The highest BCUT2D eigenvalue weighted by Gasteiger charge is 2.43. The van der Waals surface area contributed by atoms with Gasteiger partial charge in [0.1, 0.15) is 17.3 Å². The predicted molar refractivity (Wildman–Crippen MR) is 122 cm³/mol. The fourth-order valence-electron chi connectivity index (χ4n) is 4.65. The molecule has 5 nitrogen and oxygen atoms in total. The van der Waals surface area contributed by atoms with Crippen LogP contribution in [0.25, 0.3) is 0 Å². The molecule has 2 fully saturated rings. The Morgan fingerprint density at radius 1 is 1.28 bits per heavy atom. The van der Waals surface area contributed by atoms with Gasteiger partial charge >= 0.3 is 0 Å². The van der Waals surface area contributed by atoms with E-state index < -0.39 is 5.82 Å². The van der Waals surface area contributed by atoms with Gasteiger partial charge in [-0.05, 0) is 55.1 Å². The van der Waals surface area contributed by atoms with Gasteiger partial charge in [-0.1, -0.05) is 23.6 Å². The van der Waals surface area contributed by atoms with Gasteiger partial charge in [0.2, 0.25) is 5.95 Å². The first-order chi connectivity index (χ1) is 15.5. The summed E-state index contributed by atoms with van der Waals surface area (Å²) in [6.45, 7) is 2.52. The molecule has 0 amide bonds. The molecule has 4 rings (SSSR count). The number of terminal acetylenes is 1. The van der Waals surface area contributed by atoms with E-state index in [2.05, 4.69) is 20.8 Å². The van der Waals surface area contributed by atoms with Crippen LogP contribution in [0.1, 0.15) is 37.7 Å². The van der Waals surface area contributed by atoms with E-state index in [1.54, 1.807) is 24.5 Å². The Bertz CT molecular complexity index is 984. The summed E-state index contributed by atoms with van der Waals surface area (Å²) in [6, 6.07) is 4.69. The van der Waals surface area contributed by atoms with Gasteiger partial charge in [0.15, 0.2) is 0 Å². The van der Waals surface area contributed by atoms with Gasteiger partial charge in [-0.2, -0.15) is 0 Å². The number of rotatable bonds is 9. The summed E-state index contributed by atoms with van der Waals surface area (Å²) in [6.07, 6.45) is 13.0. The second-order valence-electron chi connectivity index (χ2n) is 8.67. The molecule has 2 atom stereocenters. The zero-order chi connectivity index (χ0) is 22.5. The molecule has 2 aromatic rings. The lowest BCUT2D eigenvalue weighted by Gasteiger charge is -2.32. The highest BCUT2D eigenvalue weighted by molar-refractivity contribution is 6.30. The summed E-state index contributed by atoms with van der Waals surface area (Å²) in [4.78, 5) is 22.5. The normalized spacial score (nSPS) is 20.6. The van der Waals surface area contributed by atoms with Crippen molar-refractivity contribution in [2.45, 2.75) is 38.5 Å². The standard InChI is InChI=1S/C25H27ClFN3O2/c1-2-3-21(31)12-19-4-5-22(14-24(19)27)32-11-8-18-13-23(18)17-6-9-30(10-7-17)25-28-15-20(26)16-29-25/h1,4-5,14-18,23H,3,6-13H2/t18-,23-/m1/s1. The Kier molecular flexibility index (Phi) is 7.26. The number of piperidine rings is 1. The van der Waals surface area contributed by atoms with E-state index in [0.717, 1.165) is 50.1 Å². The number of Topliss-reactive ketones (excluding diaryl/α,β-unsaturated/α-hetero) is 1. The van der Waals surface area contributed by atoms with Crippen molar-refractivity contribution in [1.29, 1.82) is 0 Å². The van der Waals surface area contributed by atoms with Gasteiger partial charge in [0, 0.05) is 25.6 Å². The fourth-order valence-corrected chi connectivity index (χ4v) is 4.75. The average molecular weight is 456 g/mol.